The molecule has 0 rings (SSSR count). The highest BCUT2D eigenvalue weighted by molar-refractivity contribution is 4.85. The molecule has 2 unspecified atom stereocenters. The Bertz CT molecular complexity index is 94.6. The second-order valence-electron chi connectivity index (χ2n) is 3.58. The molecule has 0 aliphatic carbocycles. The summed E-state index contributed by atoms with van der Waals surface area (Å²) in [6.45, 7) is 13.0. The summed E-state index contributed by atoms with van der Waals surface area (Å²) in [7, 11) is 0. The van der Waals surface area contributed by atoms with Gasteiger partial charge in [-0.05, 0) is 17.8 Å². The molecule has 0 aliphatic heterocycles. The summed E-state index contributed by atoms with van der Waals surface area (Å²) < 4.78 is 0. The summed E-state index contributed by atoms with van der Waals surface area (Å²) in [5.41, 5.74) is 0. The molecule has 0 saturated carbocycles. The quantitative estimate of drug-likeness (QED) is 0.527. The van der Waals surface area contributed by atoms with E-state index in [0.29, 0.717) is 5.92 Å². The standard InChI is InChI=1S/C11H22/c1-6-9(4)11(8-3)10(5)7-2/h8-11H,3,6-7H2,1-2,4-5H3. The van der Waals surface area contributed by atoms with Crippen molar-refractivity contribution in [3.8, 4) is 0 Å². The van der Waals surface area contributed by atoms with Gasteiger partial charge < -0.3 is 0 Å². The Labute approximate surface area is 71.7 Å². The zero-order valence-electron chi connectivity index (χ0n) is 8.43. The number of allylic oxidation sites excluding steroid dienone is 1. The van der Waals surface area contributed by atoms with Gasteiger partial charge in [0.25, 0.3) is 0 Å². The number of hydrogen-bond donors (Lipinski definition) is 0. The van der Waals surface area contributed by atoms with Gasteiger partial charge in [-0.1, -0.05) is 46.6 Å². The molecular weight excluding hydrogens is 132 g/mol. The van der Waals surface area contributed by atoms with Crippen molar-refractivity contribution in [2.45, 2.75) is 40.5 Å². The predicted octanol–water partition coefficient (Wildman–Crippen LogP) is 3.88. The van der Waals surface area contributed by atoms with Crippen LogP contribution >= 0.6 is 0 Å². The molecule has 0 fully saturated rings. The van der Waals surface area contributed by atoms with Gasteiger partial charge in [-0.3, -0.25) is 0 Å². The van der Waals surface area contributed by atoms with Gasteiger partial charge >= 0.3 is 0 Å². The zero-order valence-corrected chi connectivity index (χ0v) is 8.43. The molecule has 11 heavy (non-hydrogen) atoms. The average molecular weight is 154 g/mol. The SMILES string of the molecule is C=CC(C(C)CC)C(C)CC. The Kier molecular flexibility index (Phi) is 5.27. The fourth-order valence-electron chi connectivity index (χ4n) is 1.57. The molecule has 0 bridgehead atoms. The third kappa shape index (κ3) is 3.09. The minimum atomic E-state index is 0.713. The zero-order chi connectivity index (χ0) is 8.85. The molecule has 0 heterocycles. The number of rotatable bonds is 5. The first-order valence-corrected chi connectivity index (χ1v) is 4.79. The summed E-state index contributed by atoms with van der Waals surface area (Å²) in [4.78, 5) is 0. The van der Waals surface area contributed by atoms with E-state index in [-0.39, 0.29) is 0 Å². The van der Waals surface area contributed by atoms with Crippen molar-refractivity contribution >= 4 is 0 Å². The lowest BCUT2D eigenvalue weighted by Gasteiger charge is -2.24. The molecular formula is C11H22. The molecule has 2 atom stereocenters. The maximum atomic E-state index is 3.90. The fraction of sp³-hybridized carbons (Fsp3) is 0.818. The van der Waals surface area contributed by atoms with E-state index >= 15 is 0 Å². The average Bonchev–Trinajstić information content (AvgIpc) is 2.05. The van der Waals surface area contributed by atoms with Crippen LogP contribution in [0.1, 0.15) is 40.5 Å². The topological polar surface area (TPSA) is 0 Å². The van der Waals surface area contributed by atoms with Crippen LogP contribution in [-0.2, 0) is 0 Å². The third-order valence-corrected chi connectivity index (χ3v) is 2.87. The van der Waals surface area contributed by atoms with E-state index in [2.05, 4.69) is 40.3 Å². The molecule has 0 amide bonds. The summed E-state index contributed by atoms with van der Waals surface area (Å²) in [5, 5.41) is 0. The molecule has 0 aromatic heterocycles. The Morgan fingerprint density at radius 2 is 1.45 bits per heavy atom. The van der Waals surface area contributed by atoms with Crippen molar-refractivity contribution in [2.75, 3.05) is 0 Å². The van der Waals surface area contributed by atoms with Crippen molar-refractivity contribution in [3.63, 3.8) is 0 Å². The lowest BCUT2D eigenvalue weighted by atomic mass is 9.81. The first-order chi connectivity index (χ1) is 5.17. The Morgan fingerprint density at radius 3 is 1.64 bits per heavy atom. The van der Waals surface area contributed by atoms with E-state index in [1.165, 1.54) is 12.8 Å². The molecule has 0 radical (unpaired) electrons. The normalized spacial score (nSPS) is 18.9. The van der Waals surface area contributed by atoms with Crippen molar-refractivity contribution in [1.82, 2.24) is 0 Å². The van der Waals surface area contributed by atoms with Crippen LogP contribution in [0.25, 0.3) is 0 Å². The van der Waals surface area contributed by atoms with Gasteiger partial charge in [-0.15, -0.1) is 6.58 Å². The summed E-state index contributed by atoms with van der Waals surface area (Å²) in [6.07, 6.45) is 4.66. The lowest BCUT2D eigenvalue weighted by Crippen LogP contribution is -2.16. The first kappa shape index (κ1) is 10.7. The molecule has 0 N–H and O–H groups in total. The minimum absolute atomic E-state index is 0.713. The minimum Gasteiger partial charge on any atom is -0.103 e. The maximum absolute atomic E-state index is 3.90. The van der Waals surface area contributed by atoms with Crippen LogP contribution in [0.3, 0.4) is 0 Å². The van der Waals surface area contributed by atoms with Gasteiger partial charge in [0.15, 0.2) is 0 Å². The van der Waals surface area contributed by atoms with Crippen LogP contribution in [0.15, 0.2) is 12.7 Å². The van der Waals surface area contributed by atoms with Crippen LogP contribution in [-0.4, -0.2) is 0 Å². The molecule has 0 aliphatic rings. The monoisotopic (exact) mass is 154 g/mol. The third-order valence-electron chi connectivity index (χ3n) is 2.87. The molecule has 0 saturated heterocycles. The smallest absolute Gasteiger partial charge is 0.0185 e. The molecule has 0 nitrogen and oxygen atoms in total. The van der Waals surface area contributed by atoms with Crippen molar-refractivity contribution in [1.29, 1.82) is 0 Å². The Balaban J connectivity index is 4.03. The summed E-state index contributed by atoms with van der Waals surface area (Å²) in [6, 6.07) is 0. The van der Waals surface area contributed by atoms with Crippen LogP contribution in [0.4, 0.5) is 0 Å². The van der Waals surface area contributed by atoms with Crippen LogP contribution in [0.2, 0.25) is 0 Å². The summed E-state index contributed by atoms with van der Waals surface area (Å²) in [5.74, 6) is 2.30. The van der Waals surface area contributed by atoms with Gasteiger partial charge in [-0.25, -0.2) is 0 Å². The first-order valence-electron chi connectivity index (χ1n) is 4.79. The highest BCUT2D eigenvalue weighted by atomic mass is 14.2. The predicted molar refractivity (Wildman–Crippen MR) is 52.6 cm³/mol. The van der Waals surface area contributed by atoms with E-state index in [0.717, 1.165) is 11.8 Å². The molecule has 66 valence electrons. The van der Waals surface area contributed by atoms with Crippen LogP contribution in [0.5, 0.6) is 0 Å². The van der Waals surface area contributed by atoms with Crippen molar-refractivity contribution < 1.29 is 0 Å². The fourth-order valence-corrected chi connectivity index (χ4v) is 1.57. The Hall–Kier alpha value is -0.260. The second-order valence-corrected chi connectivity index (χ2v) is 3.58. The van der Waals surface area contributed by atoms with Crippen molar-refractivity contribution in [2.24, 2.45) is 17.8 Å². The molecule has 0 spiro atoms. The van der Waals surface area contributed by atoms with Crippen LogP contribution < -0.4 is 0 Å². The highest BCUT2D eigenvalue weighted by Crippen LogP contribution is 2.26. The second kappa shape index (κ2) is 5.40. The van der Waals surface area contributed by atoms with E-state index in [1.54, 1.807) is 0 Å². The highest BCUT2D eigenvalue weighted by Gasteiger charge is 2.17. The van der Waals surface area contributed by atoms with Gasteiger partial charge in [0.1, 0.15) is 0 Å². The summed E-state index contributed by atoms with van der Waals surface area (Å²) >= 11 is 0. The maximum Gasteiger partial charge on any atom is -0.0185 e. The van der Waals surface area contributed by atoms with Crippen molar-refractivity contribution in [3.05, 3.63) is 12.7 Å². The molecule has 0 aromatic rings. The molecule has 0 aromatic carbocycles. The van der Waals surface area contributed by atoms with Gasteiger partial charge in [0.05, 0.1) is 0 Å². The number of hydrogen-bond acceptors (Lipinski definition) is 0. The van der Waals surface area contributed by atoms with E-state index < -0.39 is 0 Å². The van der Waals surface area contributed by atoms with E-state index in [9.17, 15) is 0 Å². The van der Waals surface area contributed by atoms with Gasteiger partial charge in [-0.2, -0.15) is 0 Å². The lowest BCUT2D eigenvalue weighted by molar-refractivity contribution is 0.301. The largest absolute Gasteiger partial charge is 0.103 e. The van der Waals surface area contributed by atoms with E-state index in [4.69, 9.17) is 0 Å². The molecule has 0 heteroatoms. The van der Waals surface area contributed by atoms with Gasteiger partial charge in [0, 0.05) is 0 Å². The van der Waals surface area contributed by atoms with Gasteiger partial charge in [0.2, 0.25) is 0 Å². The Morgan fingerprint density at radius 1 is 1.09 bits per heavy atom. The van der Waals surface area contributed by atoms with Crippen LogP contribution in [0, 0.1) is 17.8 Å². The van der Waals surface area contributed by atoms with E-state index in [1.807, 2.05) is 0 Å².